The fourth-order valence-corrected chi connectivity index (χ4v) is 2.63. The molecule has 0 unspecified atom stereocenters. The summed E-state index contributed by atoms with van der Waals surface area (Å²) in [6.07, 6.45) is 0. The highest BCUT2D eigenvalue weighted by atomic mass is 14.6. The molecule has 2 rings (SSSR count). The molecule has 19 heavy (non-hydrogen) atoms. The van der Waals surface area contributed by atoms with Gasteiger partial charge in [0.1, 0.15) is 0 Å². The average molecular weight is 253 g/mol. The topological polar surface area (TPSA) is 26.0 Å². The summed E-state index contributed by atoms with van der Waals surface area (Å²) in [6, 6.07) is 12.8. The van der Waals surface area contributed by atoms with Gasteiger partial charge in [0.2, 0.25) is 0 Å². The van der Waals surface area contributed by atoms with Crippen molar-refractivity contribution < 1.29 is 0 Å². The Morgan fingerprint density at radius 1 is 0.895 bits per heavy atom. The van der Waals surface area contributed by atoms with Crippen LogP contribution in [0.5, 0.6) is 0 Å². The van der Waals surface area contributed by atoms with Crippen molar-refractivity contribution >= 4 is 5.69 Å². The van der Waals surface area contributed by atoms with Crippen LogP contribution in [0.25, 0.3) is 11.1 Å². The van der Waals surface area contributed by atoms with E-state index in [0.29, 0.717) is 0 Å². The molecule has 2 aromatic carbocycles. The fraction of sp³-hybridized carbons (Fsp3) is 0.333. The van der Waals surface area contributed by atoms with Gasteiger partial charge < -0.3 is 5.73 Å². The zero-order valence-corrected chi connectivity index (χ0v) is 12.5. The standard InChI is InChI=1S/C18H23N/c1-12-15(14-9-7-6-8-10-14)11-16(18(3,4)5)13(2)17(12)19/h6-11H,19H2,1-5H3. The Labute approximate surface area is 116 Å². The normalized spacial score (nSPS) is 11.6. The van der Waals surface area contributed by atoms with Crippen molar-refractivity contribution in [1.29, 1.82) is 0 Å². The van der Waals surface area contributed by atoms with Crippen LogP contribution in [-0.2, 0) is 5.41 Å². The van der Waals surface area contributed by atoms with E-state index in [2.05, 4.69) is 65.0 Å². The molecule has 0 radical (unpaired) electrons. The van der Waals surface area contributed by atoms with E-state index < -0.39 is 0 Å². The van der Waals surface area contributed by atoms with Crippen LogP contribution in [0.3, 0.4) is 0 Å². The Balaban J connectivity index is 2.73. The van der Waals surface area contributed by atoms with Crippen molar-refractivity contribution in [2.45, 2.75) is 40.0 Å². The van der Waals surface area contributed by atoms with Gasteiger partial charge in [0, 0.05) is 5.69 Å². The van der Waals surface area contributed by atoms with Gasteiger partial charge in [0.15, 0.2) is 0 Å². The molecule has 0 aromatic heterocycles. The Hall–Kier alpha value is -1.76. The maximum atomic E-state index is 6.32. The second-order valence-electron chi connectivity index (χ2n) is 6.25. The molecule has 0 atom stereocenters. The molecule has 2 N–H and O–H groups in total. The van der Waals surface area contributed by atoms with Crippen LogP contribution in [-0.4, -0.2) is 0 Å². The number of nitrogen functional groups attached to an aromatic ring is 1. The second kappa shape index (κ2) is 4.73. The molecule has 0 aliphatic heterocycles. The summed E-state index contributed by atoms with van der Waals surface area (Å²) in [4.78, 5) is 0. The molecule has 0 aliphatic carbocycles. The Bertz CT molecular complexity index is 589. The van der Waals surface area contributed by atoms with Gasteiger partial charge in [-0.15, -0.1) is 0 Å². The summed E-state index contributed by atoms with van der Waals surface area (Å²) >= 11 is 0. The third-order valence-corrected chi connectivity index (χ3v) is 3.80. The highest BCUT2D eigenvalue weighted by Gasteiger charge is 2.20. The fourth-order valence-electron chi connectivity index (χ4n) is 2.63. The Morgan fingerprint density at radius 2 is 1.47 bits per heavy atom. The first kappa shape index (κ1) is 13.7. The highest BCUT2D eigenvalue weighted by molar-refractivity contribution is 5.76. The summed E-state index contributed by atoms with van der Waals surface area (Å²) in [5.74, 6) is 0. The predicted octanol–water partition coefficient (Wildman–Crippen LogP) is 4.85. The number of hydrogen-bond donors (Lipinski definition) is 1. The Morgan fingerprint density at radius 3 is 2.00 bits per heavy atom. The molecular weight excluding hydrogens is 230 g/mol. The van der Waals surface area contributed by atoms with Crippen LogP contribution in [0.2, 0.25) is 0 Å². The van der Waals surface area contributed by atoms with Crippen molar-refractivity contribution in [2.75, 3.05) is 5.73 Å². The summed E-state index contributed by atoms with van der Waals surface area (Å²) in [6.45, 7) is 10.9. The van der Waals surface area contributed by atoms with Gasteiger partial charge in [0.25, 0.3) is 0 Å². The van der Waals surface area contributed by atoms with E-state index >= 15 is 0 Å². The summed E-state index contributed by atoms with van der Waals surface area (Å²) in [5, 5.41) is 0. The van der Waals surface area contributed by atoms with Gasteiger partial charge in [-0.25, -0.2) is 0 Å². The van der Waals surface area contributed by atoms with E-state index in [-0.39, 0.29) is 5.41 Å². The molecular formula is C18H23N. The van der Waals surface area contributed by atoms with Crippen LogP contribution < -0.4 is 5.73 Å². The average Bonchev–Trinajstić information content (AvgIpc) is 2.36. The molecule has 100 valence electrons. The van der Waals surface area contributed by atoms with E-state index in [1.807, 2.05) is 6.07 Å². The molecule has 0 amide bonds. The van der Waals surface area contributed by atoms with Gasteiger partial charge in [-0.3, -0.25) is 0 Å². The minimum atomic E-state index is 0.107. The molecule has 0 saturated heterocycles. The van der Waals surface area contributed by atoms with Crippen LogP contribution in [0.15, 0.2) is 36.4 Å². The lowest BCUT2D eigenvalue weighted by atomic mass is 9.80. The van der Waals surface area contributed by atoms with E-state index in [9.17, 15) is 0 Å². The molecule has 0 heterocycles. The monoisotopic (exact) mass is 253 g/mol. The van der Waals surface area contributed by atoms with Crippen molar-refractivity contribution in [3.8, 4) is 11.1 Å². The van der Waals surface area contributed by atoms with Crippen molar-refractivity contribution in [2.24, 2.45) is 0 Å². The lowest BCUT2D eigenvalue weighted by Crippen LogP contribution is -2.15. The Kier molecular flexibility index (Phi) is 3.40. The number of benzene rings is 2. The minimum absolute atomic E-state index is 0.107. The summed E-state index contributed by atoms with van der Waals surface area (Å²) < 4.78 is 0. The van der Waals surface area contributed by atoms with Crippen LogP contribution in [0.1, 0.15) is 37.5 Å². The molecule has 2 aromatic rings. The third kappa shape index (κ3) is 2.51. The van der Waals surface area contributed by atoms with Crippen LogP contribution in [0, 0.1) is 13.8 Å². The van der Waals surface area contributed by atoms with Crippen LogP contribution >= 0.6 is 0 Å². The maximum Gasteiger partial charge on any atom is 0.0382 e. The number of anilines is 1. The van der Waals surface area contributed by atoms with Crippen molar-refractivity contribution in [1.82, 2.24) is 0 Å². The zero-order chi connectivity index (χ0) is 14.2. The number of rotatable bonds is 1. The quantitative estimate of drug-likeness (QED) is 0.722. The smallest absolute Gasteiger partial charge is 0.0382 e. The largest absolute Gasteiger partial charge is 0.398 e. The molecule has 0 spiro atoms. The second-order valence-corrected chi connectivity index (χ2v) is 6.25. The molecule has 0 aliphatic rings. The van der Waals surface area contributed by atoms with Crippen LogP contribution in [0.4, 0.5) is 5.69 Å². The highest BCUT2D eigenvalue weighted by Crippen LogP contribution is 2.36. The first-order valence-electron chi connectivity index (χ1n) is 6.78. The van der Waals surface area contributed by atoms with Gasteiger partial charge in [-0.1, -0.05) is 51.1 Å². The zero-order valence-electron chi connectivity index (χ0n) is 12.5. The van der Waals surface area contributed by atoms with Crippen molar-refractivity contribution in [3.05, 3.63) is 53.1 Å². The molecule has 1 heteroatoms. The van der Waals surface area contributed by atoms with E-state index in [1.165, 1.54) is 27.8 Å². The number of hydrogen-bond acceptors (Lipinski definition) is 1. The van der Waals surface area contributed by atoms with Gasteiger partial charge in [-0.2, -0.15) is 0 Å². The van der Waals surface area contributed by atoms with Gasteiger partial charge in [0.05, 0.1) is 0 Å². The maximum absolute atomic E-state index is 6.32. The van der Waals surface area contributed by atoms with E-state index in [4.69, 9.17) is 5.73 Å². The van der Waals surface area contributed by atoms with Gasteiger partial charge in [-0.05, 0) is 53.1 Å². The lowest BCUT2D eigenvalue weighted by Gasteiger charge is -2.25. The first-order chi connectivity index (χ1) is 8.82. The van der Waals surface area contributed by atoms with Gasteiger partial charge >= 0.3 is 0 Å². The van der Waals surface area contributed by atoms with E-state index in [0.717, 1.165) is 5.69 Å². The molecule has 1 nitrogen and oxygen atoms in total. The molecule has 0 bridgehead atoms. The summed E-state index contributed by atoms with van der Waals surface area (Å²) in [7, 11) is 0. The minimum Gasteiger partial charge on any atom is -0.398 e. The first-order valence-corrected chi connectivity index (χ1v) is 6.78. The molecule has 0 saturated carbocycles. The van der Waals surface area contributed by atoms with Crippen molar-refractivity contribution in [3.63, 3.8) is 0 Å². The third-order valence-electron chi connectivity index (χ3n) is 3.80. The summed E-state index contributed by atoms with van der Waals surface area (Å²) in [5.41, 5.74) is 13.5. The number of nitrogens with two attached hydrogens (primary N) is 1. The predicted molar refractivity (Wildman–Crippen MR) is 84.5 cm³/mol. The SMILES string of the molecule is Cc1c(-c2ccccc2)cc(C(C)(C)C)c(C)c1N. The molecule has 0 fully saturated rings. The lowest BCUT2D eigenvalue weighted by molar-refractivity contribution is 0.586. The van der Waals surface area contributed by atoms with E-state index in [1.54, 1.807) is 0 Å².